The Labute approximate surface area is 143 Å². The molecule has 1 aliphatic heterocycles. The molecule has 3 rings (SSSR count). The highest BCUT2D eigenvalue weighted by Gasteiger charge is 2.23. The maximum atomic E-state index is 10.2. The lowest BCUT2D eigenvalue weighted by molar-refractivity contribution is -0.903. The van der Waals surface area contributed by atoms with Crippen LogP contribution in [0.25, 0.3) is 0 Å². The molecular formula is C19H26N3O2+. The molecule has 1 fully saturated rings. The highest BCUT2D eigenvalue weighted by atomic mass is 16.5. The van der Waals surface area contributed by atoms with Gasteiger partial charge in [0.15, 0.2) is 0 Å². The normalized spacial score (nSPS) is 17.0. The fourth-order valence-electron chi connectivity index (χ4n) is 3.08. The number of pyridine rings is 1. The van der Waals surface area contributed by atoms with Gasteiger partial charge in [0.05, 0.1) is 39.4 Å². The van der Waals surface area contributed by atoms with Crippen molar-refractivity contribution in [2.24, 2.45) is 0 Å². The summed E-state index contributed by atoms with van der Waals surface area (Å²) < 4.78 is 5.63. The van der Waals surface area contributed by atoms with Crippen LogP contribution in [0.1, 0.15) is 5.56 Å². The van der Waals surface area contributed by atoms with Gasteiger partial charge in [-0.2, -0.15) is 0 Å². The fraction of sp³-hybridized carbons (Fsp3) is 0.421. The summed E-state index contributed by atoms with van der Waals surface area (Å²) in [4.78, 5) is 8.14. The number of benzene rings is 1. The molecule has 5 nitrogen and oxygen atoms in total. The Morgan fingerprint density at radius 2 is 1.83 bits per heavy atom. The minimum absolute atomic E-state index is 0.391. The van der Waals surface area contributed by atoms with Crippen molar-refractivity contribution in [1.29, 1.82) is 0 Å². The van der Waals surface area contributed by atoms with E-state index in [2.05, 4.69) is 16.0 Å². The third kappa shape index (κ3) is 5.03. The van der Waals surface area contributed by atoms with Crippen molar-refractivity contribution in [2.45, 2.75) is 12.7 Å². The lowest BCUT2D eigenvalue weighted by Crippen LogP contribution is -3.16. The molecular weight excluding hydrogens is 302 g/mol. The lowest BCUT2D eigenvalue weighted by Gasteiger charge is -2.33. The summed E-state index contributed by atoms with van der Waals surface area (Å²) in [7, 11) is 0. The first kappa shape index (κ1) is 16.9. The largest absolute Gasteiger partial charge is 0.385 e. The van der Waals surface area contributed by atoms with E-state index >= 15 is 0 Å². The van der Waals surface area contributed by atoms with Gasteiger partial charge in [0.1, 0.15) is 18.5 Å². The van der Waals surface area contributed by atoms with Gasteiger partial charge in [-0.3, -0.25) is 0 Å². The van der Waals surface area contributed by atoms with E-state index in [0.29, 0.717) is 13.2 Å². The lowest BCUT2D eigenvalue weighted by atomic mass is 10.2. The van der Waals surface area contributed by atoms with Gasteiger partial charge in [0.25, 0.3) is 0 Å². The summed E-state index contributed by atoms with van der Waals surface area (Å²) in [6.45, 7) is 5.68. The standard InChI is InChI=1S/C19H25N3O2/c23-18(16-24-15-17-6-2-1-3-7-17)14-21-10-12-22(13-11-21)19-8-4-5-9-20-19/h1-9,18,23H,10-16H2/p+1. The van der Waals surface area contributed by atoms with Gasteiger partial charge in [-0.1, -0.05) is 36.4 Å². The second kappa shape index (κ2) is 8.78. The van der Waals surface area contributed by atoms with E-state index in [1.54, 1.807) is 0 Å². The summed E-state index contributed by atoms with van der Waals surface area (Å²) >= 11 is 0. The van der Waals surface area contributed by atoms with E-state index in [9.17, 15) is 5.11 Å². The van der Waals surface area contributed by atoms with Crippen LogP contribution >= 0.6 is 0 Å². The number of aliphatic hydroxyl groups excluding tert-OH is 1. The average Bonchev–Trinajstić information content (AvgIpc) is 2.64. The van der Waals surface area contributed by atoms with E-state index in [1.807, 2.05) is 48.7 Å². The van der Waals surface area contributed by atoms with Crippen LogP contribution in [0.15, 0.2) is 54.7 Å². The van der Waals surface area contributed by atoms with Gasteiger partial charge in [0.2, 0.25) is 0 Å². The molecule has 5 heteroatoms. The van der Waals surface area contributed by atoms with Crippen molar-refractivity contribution < 1.29 is 14.7 Å². The second-order valence-electron chi connectivity index (χ2n) is 6.28. The molecule has 2 N–H and O–H groups in total. The Kier molecular flexibility index (Phi) is 6.18. The zero-order valence-corrected chi connectivity index (χ0v) is 14.0. The van der Waals surface area contributed by atoms with Crippen LogP contribution in [-0.2, 0) is 11.3 Å². The van der Waals surface area contributed by atoms with Crippen molar-refractivity contribution in [1.82, 2.24) is 4.98 Å². The Morgan fingerprint density at radius 1 is 1.08 bits per heavy atom. The maximum Gasteiger partial charge on any atom is 0.128 e. The summed E-state index contributed by atoms with van der Waals surface area (Å²) in [5.41, 5.74) is 1.14. The first-order chi connectivity index (χ1) is 11.8. The Bertz CT molecular complexity index is 586. The van der Waals surface area contributed by atoms with Crippen LogP contribution in [0.5, 0.6) is 0 Å². The molecule has 1 saturated heterocycles. The molecule has 2 aromatic rings. The van der Waals surface area contributed by atoms with Crippen LogP contribution < -0.4 is 9.80 Å². The minimum Gasteiger partial charge on any atom is -0.385 e. The molecule has 1 aromatic heterocycles. The number of hydrogen-bond donors (Lipinski definition) is 2. The number of rotatable bonds is 7. The zero-order valence-electron chi connectivity index (χ0n) is 14.0. The summed E-state index contributed by atoms with van der Waals surface area (Å²) in [6.07, 6.45) is 1.42. The third-order valence-electron chi connectivity index (χ3n) is 4.39. The Morgan fingerprint density at radius 3 is 2.54 bits per heavy atom. The second-order valence-corrected chi connectivity index (χ2v) is 6.28. The number of aromatic nitrogens is 1. The maximum absolute atomic E-state index is 10.2. The quantitative estimate of drug-likeness (QED) is 0.771. The molecule has 0 bridgehead atoms. The van der Waals surface area contributed by atoms with Crippen LogP contribution in [-0.4, -0.2) is 55.5 Å². The number of nitrogens with zero attached hydrogens (tertiary/aromatic N) is 2. The van der Waals surface area contributed by atoms with E-state index < -0.39 is 6.10 Å². The number of ether oxygens (including phenoxy) is 1. The molecule has 1 aliphatic rings. The zero-order chi connectivity index (χ0) is 16.6. The van der Waals surface area contributed by atoms with E-state index in [4.69, 9.17) is 4.74 Å². The highest BCUT2D eigenvalue weighted by molar-refractivity contribution is 5.37. The molecule has 0 saturated carbocycles. The molecule has 128 valence electrons. The molecule has 0 amide bonds. The Hall–Kier alpha value is -1.95. The van der Waals surface area contributed by atoms with Gasteiger partial charge in [0, 0.05) is 6.20 Å². The first-order valence-corrected chi connectivity index (χ1v) is 8.60. The number of nitrogens with one attached hydrogen (secondary N) is 1. The van der Waals surface area contributed by atoms with Crippen molar-refractivity contribution in [2.75, 3.05) is 44.2 Å². The molecule has 0 spiro atoms. The average molecular weight is 328 g/mol. The number of anilines is 1. The van der Waals surface area contributed by atoms with Gasteiger partial charge >= 0.3 is 0 Å². The molecule has 0 aliphatic carbocycles. The number of quaternary nitrogens is 1. The number of aliphatic hydroxyl groups is 1. The molecule has 1 atom stereocenters. The number of hydrogen-bond acceptors (Lipinski definition) is 4. The van der Waals surface area contributed by atoms with Gasteiger partial charge < -0.3 is 19.6 Å². The van der Waals surface area contributed by atoms with E-state index in [1.165, 1.54) is 4.90 Å². The highest BCUT2D eigenvalue weighted by Crippen LogP contribution is 2.08. The number of piperazine rings is 1. The SMILES string of the molecule is OC(COCc1ccccc1)C[NH+]1CCN(c2ccccn2)CC1. The van der Waals surface area contributed by atoms with Crippen LogP contribution in [0.2, 0.25) is 0 Å². The van der Waals surface area contributed by atoms with Crippen molar-refractivity contribution in [3.8, 4) is 0 Å². The first-order valence-electron chi connectivity index (χ1n) is 8.60. The Balaban J connectivity index is 1.35. The molecule has 0 radical (unpaired) electrons. The smallest absolute Gasteiger partial charge is 0.128 e. The van der Waals surface area contributed by atoms with E-state index in [-0.39, 0.29) is 0 Å². The van der Waals surface area contributed by atoms with Gasteiger partial charge in [-0.15, -0.1) is 0 Å². The van der Waals surface area contributed by atoms with Crippen LogP contribution in [0, 0.1) is 0 Å². The predicted octanol–water partition coefficient (Wildman–Crippen LogP) is 0.364. The third-order valence-corrected chi connectivity index (χ3v) is 4.39. The topological polar surface area (TPSA) is 50.0 Å². The molecule has 1 unspecified atom stereocenters. The summed E-state index contributed by atoms with van der Waals surface area (Å²) in [5.74, 6) is 1.04. The minimum atomic E-state index is -0.412. The molecule has 1 aromatic carbocycles. The predicted molar refractivity (Wildman–Crippen MR) is 94.1 cm³/mol. The van der Waals surface area contributed by atoms with Crippen molar-refractivity contribution >= 4 is 5.82 Å². The summed E-state index contributed by atoms with van der Waals surface area (Å²) in [6, 6.07) is 16.1. The van der Waals surface area contributed by atoms with Crippen molar-refractivity contribution in [3.63, 3.8) is 0 Å². The summed E-state index contributed by atoms with van der Waals surface area (Å²) in [5, 5.41) is 10.2. The fourth-order valence-corrected chi connectivity index (χ4v) is 3.08. The monoisotopic (exact) mass is 328 g/mol. The molecule has 2 heterocycles. The van der Waals surface area contributed by atoms with E-state index in [0.717, 1.165) is 44.1 Å². The van der Waals surface area contributed by atoms with Gasteiger partial charge in [-0.05, 0) is 17.7 Å². The van der Waals surface area contributed by atoms with Crippen molar-refractivity contribution in [3.05, 3.63) is 60.3 Å². The van der Waals surface area contributed by atoms with Crippen LogP contribution in [0.3, 0.4) is 0 Å². The van der Waals surface area contributed by atoms with Crippen LogP contribution in [0.4, 0.5) is 5.82 Å². The molecule has 24 heavy (non-hydrogen) atoms. The van der Waals surface area contributed by atoms with Gasteiger partial charge in [-0.25, -0.2) is 4.98 Å².